The third-order valence-electron chi connectivity index (χ3n) is 4.14. The molecule has 1 aromatic rings. The summed E-state index contributed by atoms with van der Waals surface area (Å²) in [7, 11) is 1.23. The third-order valence-corrected chi connectivity index (χ3v) is 4.14. The van der Waals surface area contributed by atoms with E-state index in [1.54, 1.807) is 6.92 Å². The van der Waals surface area contributed by atoms with Crippen LogP contribution < -0.4 is 16.0 Å². The highest BCUT2D eigenvalue weighted by Gasteiger charge is 2.21. The normalized spacial score (nSPS) is 11.0. The van der Waals surface area contributed by atoms with Crippen LogP contribution in [0.5, 0.6) is 0 Å². The van der Waals surface area contributed by atoms with Crippen LogP contribution in [0, 0.1) is 0 Å². The number of hydrogen-bond acceptors (Lipinski definition) is 7. The Balaban J connectivity index is 2.20. The second-order valence-electron chi connectivity index (χ2n) is 6.55. The van der Waals surface area contributed by atoms with Gasteiger partial charge in [0.05, 0.1) is 13.7 Å². The minimum absolute atomic E-state index is 0.206. The number of urea groups is 1. The Morgan fingerprint density at radius 3 is 2.39 bits per heavy atom. The van der Waals surface area contributed by atoms with Crippen LogP contribution >= 0.6 is 0 Å². The van der Waals surface area contributed by atoms with Gasteiger partial charge in [0.25, 0.3) is 0 Å². The van der Waals surface area contributed by atoms with Gasteiger partial charge in [-0.25, -0.2) is 14.4 Å². The summed E-state index contributed by atoms with van der Waals surface area (Å²) in [5, 5.41) is 7.48. The maximum absolute atomic E-state index is 11.9. The van der Waals surface area contributed by atoms with Crippen molar-refractivity contribution in [2.45, 2.75) is 45.3 Å². The number of ether oxygens (including phenoxy) is 3. The second kappa shape index (κ2) is 15.5. The Hall–Kier alpha value is -3.30. The smallest absolute Gasteiger partial charge is 0.407 e. The zero-order valence-electron chi connectivity index (χ0n) is 18.0. The molecule has 0 bridgehead atoms. The predicted octanol–water partition coefficient (Wildman–Crippen LogP) is 1.88. The number of esters is 2. The van der Waals surface area contributed by atoms with Gasteiger partial charge in [0.2, 0.25) is 0 Å². The summed E-state index contributed by atoms with van der Waals surface area (Å²) in [6.45, 7) is 2.22. The van der Waals surface area contributed by atoms with E-state index < -0.39 is 30.1 Å². The van der Waals surface area contributed by atoms with Crippen molar-refractivity contribution in [1.82, 2.24) is 16.0 Å². The fourth-order valence-corrected chi connectivity index (χ4v) is 2.58. The van der Waals surface area contributed by atoms with Crippen LogP contribution in [0.1, 0.15) is 38.2 Å². The fourth-order valence-electron chi connectivity index (χ4n) is 2.58. The number of amides is 3. The number of alkyl carbamates (subject to hydrolysis) is 1. The monoisotopic (exact) mass is 437 g/mol. The van der Waals surface area contributed by atoms with Crippen molar-refractivity contribution in [3.8, 4) is 0 Å². The number of carbonyl (C=O) groups excluding carboxylic acids is 4. The summed E-state index contributed by atoms with van der Waals surface area (Å²) >= 11 is 0. The van der Waals surface area contributed by atoms with Crippen molar-refractivity contribution in [3.63, 3.8) is 0 Å². The largest absolute Gasteiger partial charge is 0.467 e. The summed E-state index contributed by atoms with van der Waals surface area (Å²) < 4.78 is 14.5. The lowest BCUT2D eigenvalue weighted by atomic mass is 10.1. The van der Waals surface area contributed by atoms with Crippen LogP contribution in [-0.4, -0.2) is 56.9 Å². The molecule has 1 aromatic carbocycles. The van der Waals surface area contributed by atoms with Crippen molar-refractivity contribution in [1.29, 1.82) is 0 Å². The molecule has 172 valence electrons. The molecule has 0 fully saturated rings. The first-order valence-corrected chi connectivity index (χ1v) is 10.2. The van der Waals surface area contributed by atoms with Crippen molar-refractivity contribution in [2.24, 2.45) is 0 Å². The Morgan fingerprint density at radius 2 is 1.71 bits per heavy atom. The lowest BCUT2D eigenvalue weighted by molar-refractivity contribution is -0.143. The molecule has 0 spiro atoms. The maximum atomic E-state index is 11.9. The molecule has 10 heteroatoms. The van der Waals surface area contributed by atoms with Crippen molar-refractivity contribution in [2.75, 3.05) is 26.8 Å². The Bertz CT molecular complexity index is 697. The predicted molar refractivity (Wildman–Crippen MR) is 112 cm³/mol. The molecule has 10 nitrogen and oxygen atoms in total. The van der Waals surface area contributed by atoms with Crippen LogP contribution in [0.2, 0.25) is 0 Å². The van der Waals surface area contributed by atoms with E-state index in [0.29, 0.717) is 25.8 Å². The highest BCUT2D eigenvalue weighted by atomic mass is 16.5. The van der Waals surface area contributed by atoms with Gasteiger partial charge in [-0.3, -0.25) is 4.79 Å². The highest BCUT2D eigenvalue weighted by molar-refractivity contribution is 5.85. The minimum Gasteiger partial charge on any atom is -0.467 e. The number of hydrogen-bond donors (Lipinski definition) is 3. The molecular weight excluding hydrogens is 406 g/mol. The number of methoxy groups -OCH3 is 1. The zero-order valence-corrected chi connectivity index (χ0v) is 18.0. The van der Waals surface area contributed by atoms with E-state index in [0.717, 1.165) is 12.0 Å². The molecule has 31 heavy (non-hydrogen) atoms. The van der Waals surface area contributed by atoms with Gasteiger partial charge in [-0.05, 0) is 25.3 Å². The summed E-state index contributed by atoms with van der Waals surface area (Å²) in [5.74, 6) is -1.14. The number of nitrogens with one attached hydrogen (secondary N) is 3. The second-order valence-corrected chi connectivity index (χ2v) is 6.55. The molecule has 3 N–H and O–H groups in total. The quantitative estimate of drug-likeness (QED) is 0.244. The van der Waals surface area contributed by atoms with E-state index in [2.05, 4.69) is 16.0 Å². The summed E-state index contributed by atoms with van der Waals surface area (Å²) in [6, 6.07) is 7.88. The van der Waals surface area contributed by atoms with E-state index in [4.69, 9.17) is 14.2 Å². The van der Waals surface area contributed by atoms with E-state index in [-0.39, 0.29) is 19.8 Å². The lowest BCUT2D eigenvalue weighted by Crippen LogP contribution is -2.47. The molecule has 1 unspecified atom stereocenters. The van der Waals surface area contributed by atoms with Gasteiger partial charge in [-0.2, -0.15) is 0 Å². The van der Waals surface area contributed by atoms with Crippen molar-refractivity contribution in [3.05, 3.63) is 35.9 Å². The number of rotatable bonds is 13. The number of benzene rings is 1. The molecule has 0 heterocycles. The maximum Gasteiger partial charge on any atom is 0.407 e. The van der Waals surface area contributed by atoms with Crippen LogP contribution in [0.3, 0.4) is 0 Å². The summed E-state index contributed by atoms with van der Waals surface area (Å²) in [6.07, 6.45) is 1.90. The van der Waals surface area contributed by atoms with Gasteiger partial charge in [0, 0.05) is 6.54 Å². The highest BCUT2D eigenvalue weighted by Crippen LogP contribution is 2.06. The van der Waals surface area contributed by atoms with Gasteiger partial charge < -0.3 is 30.2 Å². The molecule has 1 atom stereocenters. The van der Waals surface area contributed by atoms with E-state index in [1.165, 1.54) is 7.11 Å². The van der Waals surface area contributed by atoms with Gasteiger partial charge in [-0.15, -0.1) is 0 Å². The summed E-state index contributed by atoms with van der Waals surface area (Å²) in [4.78, 5) is 46.7. The van der Waals surface area contributed by atoms with Crippen LogP contribution in [0.15, 0.2) is 30.3 Å². The number of carbonyl (C=O) groups is 4. The molecule has 0 saturated heterocycles. The van der Waals surface area contributed by atoms with E-state index in [9.17, 15) is 19.2 Å². The molecule has 0 saturated carbocycles. The van der Waals surface area contributed by atoms with Crippen molar-refractivity contribution >= 4 is 24.1 Å². The Morgan fingerprint density at radius 1 is 0.968 bits per heavy atom. The van der Waals surface area contributed by atoms with Crippen LogP contribution in [0.4, 0.5) is 9.59 Å². The topological polar surface area (TPSA) is 132 Å². The Labute approximate surface area is 182 Å². The summed E-state index contributed by atoms with van der Waals surface area (Å²) in [5.41, 5.74) is 0.908. The molecular formula is C21H31N3O7. The van der Waals surface area contributed by atoms with Crippen LogP contribution in [0.25, 0.3) is 0 Å². The lowest BCUT2D eigenvalue weighted by Gasteiger charge is -2.16. The van der Waals surface area contributed by atoms with Crippen molar-refractivity contribution < 1.29 is 33.4 Å². The Kier molecular flexibility index (Phi) is 12.9. The van der Waals surface area contributed by atoms with Gasteiger partial charge >= 0.3 is 24.1 Å². The fraction of sp³-hybridized carbons (Fsp3) is 0.524. The molecule has 0 aromatic heterocycles. The number of unbranched alkanes of at least 4 members (excludes halogenated alkanes) is 2. The molecule has 1 rings (SSSR count). The average Bonchev–Trinajstić information content (AvgIpc) is 2.78. The first-order chi connectivity index (χ1) is 15.0. The molecule has 0 aliphatic heterocycles. The SMILES string of the molecule is CCOC(=O)CNC(=O)NC(CCCCCNC(=O)OCc1ccccc1)C(=O)OC. The van der Waals surface area contributed by atoms with Crippen LogP contribution in [-0.2, 0) is 30.4 Å². The minimum atomic E-state index is -0.837. The van der Waals surface area contributed by atoms with Gasteiger partial charge in [0.1, 0.15) is 19.2 Å². The molecule has 0 aliphatic carbocycles. The van der Waals surface area contributed by atoms with E-state index in [1.807, 2.05) is 30.3 Å². The van der Waals surface area contributed by atoms with E-state index >= 15 is 0 Å². The van der Waals surface area contributed by atoms with Gasteiger partial charge in [-0.1, -0.05) is 43.2 Å². The standard InChI is InChI=1S/C21H31N3O7/c1-3-30-18(25)14-23-20(27)24-17(19(26)29-2)12-8-5-9-13-22-21(28)31-15-16-10-6-4-7-11-16/h4,6-7,10-11,17H,3,5,8-9,12-15H2,1-2H3,(H,22,28)(H2,23,24,27). The molecule has 0 radical (unpaired) electrons. The average molecular weight is 437 g/mol. The molecule has 3 amide bonds. The van der Waals surface area contributed by atoms with Gasteiger partial charge in [0.15, 0.2) is 0 Å². The first-order valence-electron chi connectivity index (χ1n) is 10.2. The zero-order chi connectivity index (χ0) is 22.9. The molecule has 0 aliphatic rings. The third kappa shape index (κ3) is 12.1. The first kappa shape index (κ1) is 25.7.